The van der Waals surface area contributed by atoms with Gasteiger partial charge in [-0.3, -0.25) is 0 Å². The summed E-state index contributed by atoms with van der Waals surface area (Å²) < 4.78 is 0. The fourth-order valence-electron chi connectivity index (χ4n) is 2.28. The third kappa shape index (κ3) is 5.45. The maximum absolute atomic E-state index is 4.59. The quantitative estimate of drug-likeness (QED) is 0.474. The molecule has 0 bridgehead atoms. The third-order valence-corrected chi connectivity index (χ3v) is 3.64. The van der Waals surface area contributed by atoms with Crippen molar-refractivity contribution in [1.82, 2.24) is 19.9 Å². The average Bonchev–Trinajstić information content (AvgIpc) is 2.61. The number of anilines is 4. The summed E-state index contributed by atoms with van der Waals surface area (Å²) in [6.07, 6.45) is 4.40. The Labute approximate surface area is 155 Å². The van der Waals surface area contributed by atoms with Crippen molar-refractivity contribution in [3.05, 3.63) is 0 Å². The highest BCUT2D eigenvalue weighted by molar-refractivity contribution is 5.94. The lowest BCUT2D eigenvalue weighted by Crippen LogP contribution is -2.11. The van der Waals surface area contributed by atoms with E-state index in [1.807, 2.05) is 14.1 Å². The molecule has 0 spiro atoms. The normalized spacial score (nSPS) is 10.2. The summed E-state index contributed by atoms with van der Waals surface area (Å²) in [5, 5.41) is 12.7. The van der Waals surface area contributed by atoms with Gasteiger partial charge in [0.05, 0.1) is 0 Å². The summed E-state index contributed by atoms with van der Waals surface area (Å²) >= 11 is 0. The molecule has 0 aromatic carbocycles. The zero-order valence-corrected chi connectivity index (χ0v) is 16.3. The summed E-state index contributed by atoms with van der Waals surface area (Å²) in [5.41, 5.74) is 1.41. The fourth-order valence-corrected chi connectivity index (χ4v) is 2.28. The molecular weight excluding hydrogens is 340 g/mol. The van der Waals surface area contributed by atoms with E-state index >= 15 is 0 Å². The molecule has 2 heterocycles. The molecule has 0 saturated carbocycles. The molecule has 2 rings (SSSR count). The van der Waals surface area contributed by atoms with Gasteiger partial charge in [0.2, 0.25) is 11.9 Å². The van der Waals surface area contributed by atoms with Gasteiger partial charge >= 0.3 is 0 Å². The third-order valence-electron chi connectivity index (χ3n) is 3.64. The van der Waals surface area contributed by atoms with Crippen molar-refractivity contribution in [2.75, 3.05) is 48.5 Å². The number of hydrogen-bond donors (Lipinski definition) is 4. The van der Waals surface area contributed by atoms with Gasteiger partial charge in [0.15, 0.2) is 11.6 Å². The molecule has 0 aliphatic rings. The van der Waals surface area contributed by atoms with Crippen LogP contribution >= 0.6 is 12.4 Å². The molecule has 0 amide bonds. The number of hydrogen-bond acceptors (Lipinski definition) is 8. The minimum Gasteiger partial charge on any atom is -0.371 e. The predicted molar refractivity (Wildman–Crippen MR) is 108 cm³/mol. The predicted octanol–water partition coefficient (Wildman–Crippen LogP) is 3.35. The lowest BCUT2D eigenvalue weighted by Gasteiger charge is -2.13. The standard InChI is InChI=1S/C16H28N8.ClH/c1-5-7-9-19-15-21-11-12(13(17-3)23-15)22-16(20-10-8-6-2)24-14(11)18-4;/h5-10H2,1-4H3,(H2,17,19,21,23)(H2,18,20,22,24);1H. The Balaban J connectivity index is 0.00000312. The molecule has 9 heteroatoms. The SMILES string of the molecule is CCCCNc1nc(NC)c2nc(NCCCC)nc(NC)c2n1.Cl. The van der Waals surface area contributed by atoms with Crippen molar-refractivity contribution in [3.63, 3.8) is 0 Å². The Morgan fingerprint density at radius 2 is 1.08 bits per heavy atom. The minimum atomic E-state index is 0. The van der Waals surface area contributed by atoms with Gasteiger partial charge in [-0.2, -0.15) is 9.97 Å². The van der Waals surface area contributed by atoms with Gasteiger partial charge in [0.1, 0.15) is 11.0 Å². The molecule has 8 nitrogen and oxygen atoms in total. The molecule has 4 N–H and O–H groups in total. The summed E-state index contributed by atoms with van der Waals surface area (Å²) in [7, 11) is 3.67. The van der Waals surface area contributed by atoms with Gasteiger partial charge in [0, 0.05) is 27.2 Å². The lowest BCUT2D eigenvalue weighted by molar-refractivity contribution is 0.825. The summed E-state index contributed by atoms with van der Waals surface area (Å²) in [4.78, 5) is 18.2. The van der Waals surface area contributed by atoms with E-state index in [9.17, 15) is 0 Å². The topological polar surface area (TPSA) is 99.7 Å². The molecule has 25 heavy (non-hydrogen) atoms. The molecule has 0 radical (unpaired) electrons. The number of nitrogens with one attached hydrogen (secondary N) is 4. The zero-order valence-electron chi connectivity index (χ0n) is 15.4. The van der Waals surface area contributed by atoms with Crippen LogP contribution in [0.4, 0.5) is 23.5 Å². The van der Waals surface area contributed by atoms with Crippen molar-refractivity contribution in [3.8, 4) is 0 Å². The summed E-state index contributed by atoms with van der Waals surface area (Å²) in [6.45, 7) is 6.00. The van der Waals surface area contributed by atoms with Crippen LogP contribution in [-0.2, 0) is 0 Å². The summed E-state index contributed by atoms with van der Waals surface area (Å²) in [5.74, 6) is 2.56. The Hall–Kier alpha value is -2.09. The summed E-state index contributed by atoms with van der Waals surface area (Å²) in [6, 6.07) is 0. The lowest BCUT2D eigenvalue weighted by atomic mass is 10.3. The number of halogens is 1. The second kappa shape index (κ2) is 10.7. The highest BCUT2D eigenvalue weighted by atomic mass is 35.5. The maximum atomic E-state index is 4.59. The van der Waals surface area contributed by atoms with Crippen LogP contribution in [0.5, 0.6) is 0 Å². The number of unbranched alkanes of at least 4 members (excludes halogenated alkanes) is 2. The monoisotopic (exact) mass is 368 g/mol. The smallest absolute Gasteiger partial charge is 0.225 e. The first-order valence-electron chi connectivity index (χ1n) is 8.66. The molecule has 0 saturated heterocycles. The van der Waals surface area contributed by atoms with E-state index in [0.717, 1.165) is 38.8 Å². The highest BCUT2D eigenvalue weighted by Crippen LogP contribution is 2.26. The second-order valence-corrected chi connectivity index (χ2v) is 5.55. The van der Waals surface area contributed by atoms with Crippen LogP contribution in [0.1, 0.15) is 39.5 Å². The zero-order chi connectivity index (χ0) is 17.4. The van der Waals surface area contributed by atoms with Crippen molar-refractivity contribution < 1.29 is 0 Å². The van der Waals surface area contributed by atoms with Gasteiger partial charge in [0.25, 0.3) is 0 Å². The first-order chi connectivity index (χ1) is 11.7. The van der Waals surface area contributed by atoms with E-state index in [1.165, 1.54) is 0 Å². The second-order valence-electron chi connectivity index (χ2n) is 5.55. The first-order valence-corrected chi connectivity index (χ1v) is 8.66. The van der Waals surface area contributed by atoms with Crippen LogP contribution in [-0.4, -0.2) is 47.1 Å². The average molecular weight is 369 g/mol. The Bertz CT molecular complexity index is 607. The van der Waals surface area contributed by atoms with Gasteiger partial charge in [-0.05, 0) is 12.8 Å². The largest absolute Gasteiger partial charge is 0.371 e. The van der Waals surface area contributed by atoms with Gasteiger partial charge < -0.3 is 21.3 Å². The number of aromatic nitrogens is 4. The molecule has 0 aliphatic heterocycles. The number of nitrogens with zero attached hydrogens (tertiary/aromatic N) is 4. The van der Waals surface area contributed by atoms with Crippen LogP contribution in [0.25, 0.3) is 11.0 Å². The van der Waals surface area contributed by atoms with Gasteiger partial charge in [-0.1, -0.05) is 26.7 Å². The van der Waals surface area contributed by atoms with Crippen LogP contribution in [0.2, 0.25) is 0 Å². The molecule has 2 aromatic heterocycles. The van der Waals surface area contributed by atoms with E-state index in [-0.39, 0.29) is 12.4 Å². The van der Waals surface area contributed by atoms with Crippen LogP contribution in [0.15, 0.2) is 0 Å². The Kier molecular flexibility index (Phi) is 8.98. The Morgan fingerprint density at radius 3 is 1.40 bits per heavy atom. The van der Waals surface area contributed by atoms with E-state index < -0.39 is 0 Å². The molecule has 2 aromatic rings. The highest BCUT2D eigenvalue weighted by Gasteiger charge is 2.14. The van der Waals surface area contributed by atoms with Crippen molar-refractivity contribution in [2.24, 2.45) is 0 Å². The molecule has 0 unspecified atom stereocenters. The first kappa shape index (κ1) is 21.0. The molecular formula is C16H29ClN8. The molecule has 0 fully saturated rings. The van der Waals surface area contributed by atoms with Crippen molar-refractivity contribution in [1.29, 1.82) is 0 Å². The van der Waals surface area contributed by atoms with Crippen LogP contribution < -0.4 is 21.3 Å². The maximum Gasteiger partial charge on any atom is 0.225 e. The Morgan fingerprint density at radius 1 is 0.680 bits per heavy atom. The van der Waals surface area contributed by atoms with Gasteiger partial charge in [-0.15, -0.1) is 12.4 Å². The minimum absolute atomic E-state index is 0. The van der Waals surface area contributed by atoms with E-state index in [4.69, 9.17) is 0 Å². The van der Waals surface area contributed by atoms with Crippen LogP contribution in [0, 0.1) is 0 Å². The van der Waals surface area contributed by atoms with E-state index in [0.29, 0.717) is 34.6 Å². The van der Waals surface area contributed by atoms with E-state index in [2.05, 4.69) is 55.1 Å². The molecule has 140 valence electrons. The number of fused-ring (bicyclic) bond motifs is 1. The van der Waals surface area contributed by atoms with Gasteiger partial charge in [-0.25, -0.2) is 9.97 Å². The fraction of sp³-hybridized carbons (Fsp3) is 0.625. The number of rotatable bonds is 10. The molecule has 0 atom stereocenters. The van der Waals surface area contributed by atoms with Crippen molar-refractivity contribution >= 4 is 47.0 Å². The van der Waals surface area contributed by atoms with E-state index in [1.54, 1.807) is 0 Å². The van der Waals surface area contributed by atoms with Crippen LogP contribution in [0.3, 0.4) is 0 Å². The molecule has 0 aliphatic carbocycles. The van der Waals surface area contributed by atoms with Crippen molar-refractivity contribution in [2.45, 2.75) is 39.5 Å².